The second-order valence-corrected chi connectivity index (χ2v) is 10.7. The van der Waals surface area contributed by atoms with E-state index in [2.05, 4.69) is 6.92 Å². The van der Waals surface area contributed by atoms with Crippen molar-refractivity contribution in [1.29, 1.82) is 0 Å². The highest BCUT2D eigenvalue weighted by molar-refractivity contribution is 5.86. The number of ether oxygens (including phenoxy) is 2. The van der Waals surface area contributed by atoms with Gasteiger partial charge in [-0.05, 0) is 72.1 Å². The van der Waals surface area contributed by atoms with Gasteiger partial charge in [0.2, 0.25) is 0 Å². The van der Waals surface area contributed by atoms with E-state index in [0.717, 1.165) is 32.1 Å². The van der Waals surface area contributed by atoms with Crippen LogP contribution in [0.3, 0.4) is 0 Å². The van der Waals surface area contributed by atoms with Crippen molar-refractivity contribution >= 4 is 18.0 Å². The van der Waals surface area contributed by atoms with Gasteiger partial charge in [-0.15, -0.1) is 0 Å². The van der Waals surface area contributed by atoms with Crippen LogP contribution in [0.1, 0.15) is 79.6 Å². The molecule has 2 saturated heterocycles. The molecule has 2 heterocycles. The Morgan fingerprint density at radius 2 is 1.74 bits per heavy atom. The Bertz CT molecular complexity index is 691. The molecule has 0 bridgehead atoms. The first-order valence-electron chi connectivity index (χ1n) is 11.6. The summed E-state index contributed by atoms with van der Waals surface area (Å²) in [5.41, 5.74) is -2.16. The monoisotopic (exact) mass is 438 g/mol. The number of aliphatic carboxylic acids is 1. The van der Waals surface area contributed by atoms with Gasteiger partial charge in [0.05, 0.1) is 6.04 Å². The SMILES string of the molecule is CC(C)(C)OC(=O)N1C[C@H](N(C(=O)[C@@H]2CCCO2)[C@H]2CC[C@@H](C)CC2)C[C@@]1(C)C(=O)O. The molecule has 8 nitrogen and oxygen atoms in total. The van der Waals surface area contributed by atoms with Crippen molar-refractivity contribution in [2.24, 2.45) is 5.92 Å². The fourth-order valence-corrected chi connectivity index (χ4v) is 5.15. The second kappa shape index (κ2) is 8.96. The van der Waals surface area contributed by atoms with Crippen LogP contribution in [-0.4, -0.2) is 75.4 Å². The maximum absolute atomic E-state index is 13.5. The lowest BCUT2D eigenvalue weighted by Gasteiger charge is -2.41. The van der Waals surface area contributed by atoms with E-state index in [-0.39, 0.29) is 31.0 Å². The predicted octanol–water partition coefficient (Wildman–Crippen LogP) is 3.43. The average Bonchev–Trinajstić information content (AvgIpc) is 3.31. The van der Waals surface area contributed by atoms with Crippen molar-refractivity contribution < 1.29 is 29.0 Å². The lowest BCUT2D eigenvalue weighted by atomic mass is 9.85. The molecule has 3 fully saturated rings. The van der Waals surface area contributed by atoms with Crippen LogP contribution in [0.5, 0.6) is 0 Å². The first kappa shape index (κ1) is 23.8. The minimum Gasteiger partial charge on any atom is -0.480 e. The molecule has 176 valence electrons. The molecule has 0 unspecified atom stereocenters. The van der Waals surface area contributed by atoms with Crippen LogP contribution in [0.15, 0.2) is 0 Å². The minimum absolute atomic E-state index is 0.0505. The van der Waals surface area contributed by atoms with Crippen LogP contribution in [0.4, 0.5) is 4.79 Å². The van der Waals surface area contributed by atoms with Gasteiger partial charge >= 0.3 is 12.1 Å². The molecule has 31 heavy (non-hydrogen) atoms. The van der Waals surface area contributed by atoms with Gasteiger partial charge in [-0.2, -0.15) is 0 Å². The fraction of sp³-hybridized carbons (Fsp3) is 0.870. The molecule has 1 saturated carbocycles. The molecule has 0 aromatic carbocycles. The van der Waals surface area contributed by atoms with Crippen LogP contribution in [-0.2, 0) is 19.1 Å². The van der Waals surface area contributed by atoms with Gasteiger partial charge in [0, 0.05) is 25.6 Å². The van der Waals surface area contributed by atoms with Gasteiger partial charge in [-0.25, -0.2) is 9.59 Å². The van der Waals surface area contributed by atoms with Crippen molar-refractivity contribution in [3.05, 3.63) is 0 Å². The summed E-state index contributed by atoms with van der Waals surface area (Å²) in [5.74, 6) is -0.509. The third kappa shape index (κ3) is 5.16. The smallest absolute Gasteiger partial charge is 0.411 e. The largest absolute Gasteiger partial charge is 0.480 e. The first-order chi connectivity index (χ1) is 14.4. The number of hydrogen-bond acceptors (Lipinski definition) is 5. The molecule has 3 rings (SSSR count). The zero-order valence-corrected chi connectivity index (χ0v) is 19.6. The zero-order valence-electron chi connectivity index (χ0n) is 19.6. The molecular formula is C23H38N2O6. The summed E-state index contributed by atoms with van der Waals surface area (Å²) in [4.78, 5) is 41.8. The quantitative estimate of drug-likeness (QED) is 0.722. The summed E-state index contributed by atoms with van der Waals surface area (Å²) in [7, 11) is 0. The maximum atomic E-state index is 13.5. The summed E-state index contributed by atoms with van der Waals surface area (Å²) in [6.07, 6.45) is 4.49. The van der Waals surface area contributed by atoms with E-state index in [1.807, 2.05) is 4.90 Å². The fourth-order valence-electron chi connectivity index (χ4n) is 5.15. The molecule has 3 aliphatic rings. The third-order valence-corrected chi connectivity index (χ3v) is 6.93. The lowest BCUT2D eigenvalue weighted by molar-refractivity contribution is -0.149. The van der Waals surface area contributed by atoms with Gasteiger partial charge < -0.3 is 19.5 Å². The molecule has 0 spiro atoms. The van der Waals surface area contributed by atoms with E-state index in [9.17, 15) is 19.5 Å². The van der Waals surface area contributed by atoms with Crippen molar-refractivity contribution in [3.8, 4) is 0 Å². The summed E-state index contributed by atoms with van der Waals surface area (Å²) in [5, 5.41) is 10.0. The summed E-state index contributed by atoms with van der Waals surface area (Å²) < 4.78 is 11.2. The van der Waals surface area contributed by atoms with Crippen LogP contribution in [0.25, 0.3) is 0 Å². The lowest BCUT2D eigenvalue weighted by Crippen LogP contribution is -2.53. The van der Waals surface area contributed by atoms with Crippen molar-refractivity contribution in [3.63, 3.8) is 0 Å². The Morgan fingerprint density at radius 1 is 1.10 bits per heavy atom. The van der Waals surface area contributed by atoms with Crippen molar-refractivity contribution in [2.45, 2.75) is 109 Å². The molecule has 3 atom stereocenters. The highest BCUT2D eigenvalue weighted by Crippen LogP contribution is 2.38. The Hall–Kier alpha value is -1.83. The number of amides is 2. The summed E-state index contributed by atoms with van der Waals surface area (Å²) in [6.45, 7) is 9.78. The Morgan fingerprint density at radius 3 is 2.26 bits per heavy atom. The van der Waals surface area contributed by atoms with E-state index in [1.165, 1.54) is 4.90 Å². The number of carboxylic acid groups (broad SMARTS) is 1. The van der Waals surface area contributed by atoms with E-state index in [1.54, 1.807) is 27.7 Å². The van der Waals surface area contributed by atoms with Crippen LogP contribution in [0, 0.1) is 5.92 Å². The molecule has 1 N–H and O–H groups in total. The molecule has 1 aliphatic carbocycles. The van der Waals surface area contributed by atoms with Gasteiger partial charge in [0.25, 0.3) is 5.91 Å². The second-order valence-electron chi connectivity index (χ2n) is 10.7. The molecule has 0 radical (unpaired) electrons. The Balaban J connectivity index is 1.88. The predicted molar refractivity (Wildman–Crippen MR) is 115 cm³/mol. The molecule has 2 aliphatic heterocycles. The van der Waals surface area contributed by atoms with Crippen LogP contribution >= 0.6 is 0 Å². The Labute approximate surface area is 185 Å². The van der Waals surface area contributed by atoms with Gasteiger partial charge in [-0.3, -0.25) is 9.69 Å². The summed E-state index contributed by atoms with van der Waals surface area (Å²) in [6, 6.07) is -0.321. The van der Waals surface area contributed by atoms with Gasteiger partial charge in [0.1, 0.15) is 17.2 Å². The molecule has 0 aromatic rings. The molecule has 0 aromatic heterocycles. The standard InChI is InChI=1S/C23H38N2O6/c1-15-8-10-16(11-9-15)25(19(26)18-7-6-12-30-18)17-13-23(5,20(27)28)24(14-17)21(29)31-22(2,3)4/h15-18H,6-14H2,1-5H3,(H,27,28)/t15-,16+,17-,18+,23+/m1/s1. The number of carboxylic acids is 1. The number of hydrogen-bond donors (Lipinski definition) is 1. The maximum Gasteiger partial charge on any atom is 0.411 e. The van der Waals surface area contributed by atoms with Crippen LogP contribution < -0.4 is 0 Å². The molecule has 2 amide bonds. The van der Waals surface area contributed by atoms with Crippen molar-refractivity contribution in [1.82, 2.24) is 9.80 Å². The highest BCUT2D eigenvalue weighted by atomic mass is 16.6. The number of rotatable bonds is 4. The average molecular weight is 439 g/mol. The highest BCUT2D eigenvalue weighted by Gasteiger charge is 2.54. The number of carbonyl (C=O) groups excluding carboxylic acids is 2. The molecule has 8 heteroatoms. The van der Waals surface area contributed by atoms with Gasteiger partial charge in [0.15, 0.2) is 0 Å². The van der Waals surface area contributed by atoms with Gasteiger partial charge in [-0.1, -0.05) is 6.92 Å². The minimum atomic E-state index is -1.43. The van der Waals surface area contributed by atoms with E-state index >= 15 is 0 Å². The Kier molecular flexibility index (Phi) is 6.89. The first-order valence-corrected chi connectivity index (χ1v) is 11.6. The summed E-state index contributed by atoms with van der Waals surface area (Å²) >= 11 is 0. The van der Waals surface area contributed by atoms with E-state index < -0.39 is 29.3 Å². The van der Waals surface area contributed by atoms with Crippen molar-refractivity contribution in [2.75, 3.05) is 13.2 Å². The van der Waals surface area contributed by atoms with Crippen LogP contribution in [0.2, 0.25) is 0 Å². The topological polar surface area (TPSA) is 96.4 Å². The number of nitrogens with zero attached hydrogens (tertiary/aromatic N) is 2. The molecular weight excluding hydrogens is 400 g/mol. The number of carbonyl (C=O) groups is 3. The third-order valence-electron chi connectivity index (χ3n) is 6.93. The van der Waals surface area contributed by atoms with E-state index in [0.29, 0.717) is 18.9 Å². The normalized spacial score (nSPS) is 33.9. The van der Waals surface area contributed by atoms with E-state index in [4.69, 9.17) is 9.47 Å². The number of likely N-dealkylation sites (tertiary alicyclic amines) is 1. The zero-order chi connectivity index (χ0) is 23.0.